The van der Waals surface area contributed by atoms with Gasteiger partial charge < -0.3 is 15.6 Å². The van der Waals surface area contributed by atoms with E-state index in [1.165, 1.54) is 25.3 Å². The van der Waals surface area contributed by atoms with Crippen LogP contribution in [-0.4, -0.2) is 29.2 Å². The second-order valence-electron chi connectivity index (χ2n) is 3.45. The van der Waals surface area contributed by atoms with E-state index in [0.29, 0.717) is 11.3 Å². The minimum atomic E-state index is -1.16. The number of nitro benzene ring substituents is 1. The number of nitrogens with two attached hydrogens (primary N) is 1. The third-order valence-corrected chi connectivity index (χ3v) is 2.17. The average Bonchev–Trinajstić information content (AvgIpc) is 2.28. The van der Waals surface area contributed by atoms with Gasteiger partial charge in [-0.15, -0.1) is 0 Å². The van der Waals surface area contributed by atoms with E-state index < -0.39 is 16.9 Å². The van der Waals surface area contributed by atoms with Gasteiger partial charge >= 0.3 is 5.97 Å². The van der Waals surface area contributed by atoms with E-state index in [-0.39, 0.29) is 12.1 Å². The van der Waals surface area contributed by atoms with Crippen LogP contribution in [0.25, 0.3) is 0 Å². The van der Waals surface area contributed by atoms with Crippen molar-refractivity contribution in [3.05, 3.63) is 33.9 Å². The highest BCUT2D eigenvalue weighted by atomic mass is 16.6. The summed E-state index contributed by atoms with van der Waals surface area (Å²) < 4.78 is 4.90. The molecule has 1 aromatic rings. The van der Waals surface area contributed by atoms with E-state index in [9.17, 15) is 14.9 Å². The standard InChI is InChI=1S/C10H12N2O5/c1-17-8-3-6(4-9(11)10(13)14)2-7(5-8)12(15)16/h2-3,5,9H,4,11H2,1H3,(H,13,14). The summed E-state index contributed by atoms with van der Waals surface area (Å²) in [5, 5.41) is 19.3. The molecule has 1 unspecified atom stereocenters. The van der Waals surface area contributed by atoms with Crippen molar-refractivity contribution in [3.63, 3.8) is 0 Å². The van der Waals surface area contributed by atoms with Crippen molar-refractivity contribution < 1.29 is 19.6 Å². The third-order valence-electron chi connectivity index (χ3n) is 2.17. The lowest BCUT2D eigenvalue weighted by atomic mass is 10.1. The molecule has 0 aliphatic heterocycles. The summed E-state index contributed by atoms with van der Waals surface area (Å²) in [5.74, 6) is -0.859. The zero-order valence-corrected chi connectivity index (χ0v) is 9.12. The number of hydrogen-bond donors (Lipinski definition) is 2. The van der Waals surface area contributed by atoms with Crippen LogP contribution in [0.4, 0.5) is 5.69 Å². The number of non-ortho nitro benzene ring substituents is 1. The molecular weight excluding hydrogens is 228 g/mol. The van der Waals surface area contributed by atoms with Crippen LogP contribution >= 0.6 is 0 Å². The Bertz CT molecular complexity index is 446. The molecular formula is C10H12N2O5. The van der Waals surface area contributed by atoms with Gasteiger partial charge in [-0.1, -0.05) is 0 Å². The zero-order chi connectivity index (χ0) is 13.0. The molecule has 0 heterocycles. The topological polar surface area (TPSA) is 116 Å². The molecule has 3 N–H and O–H groups in total. The fourth-order valence-corrected chi connectivity index (χ4v) is 1.33. The van der Waals surface area contributed by atoms with Crippen LogP contribution in [0.3, 0.4) is 0 Å². The lowest BCUT2D eigenvalue weighted by Gasteiger charge is -2.08. The maximum Gasteiger partial charge on any atom is 0.320 e. The highest BCUT2D eigenvalue weighted by Crippen LogP contribution is 2.23. The monoisotopic (exact) mass is 240 g/mol. The molecule has 1 atom stereocenters. The lowest BCUT2D eigenvalue weighted by molar-refractivity contribution is -0.385. The Morgan fingerprint density at radius 2 is 2.24 bits per heavy atom. The van der Waals surface area contributed by atoms with E-state index in [2.05, 4.69) is 0 Å². The van der Waals surface area contributed by atoms with Gasteiger partial charge in [-0.05, 0) is 18.1 Å². The Morgan fingerprint density at radius 1 is 1.59 bits per heavy atom. The van der Waals surface area contributed by atoms with Gasteiger partial charge in [0.25, 0.3) is 5.69 Å². The normalized spacial score (nSPS) is 11.9. The first-order valence-corrected chi connectivity index (χ1v) is 4.74. The molecule has 0 aliphatic carbocycles. The second-order valence-corrected chi connectivity index (χ2v) is 3.45. The lowest BCUT2D eigenvalue weighted by Crippen LogP contribution is -2.32. The summed E-state index contributed by atoms with van der Waals surface area (Å²) in [6.45, 7) is 0. The predicted molar refractivity (Wildman–Crippen MR) is 59.0 cm³/mol. The molecule has 0 aromatic heterocycles. The Balaban J connectivity index is 3.02. The molecule has 0 aliphatic rings. The third kappa shape index (κ3) is 3.42. The number of methoxy groups -OCH3 is 1. The van der Waals surface area contributed by atoms with E-state index in [1.807, 2.05) is 0 Å². The highest BCUT2D eigenvalue weighted by Gasteiger charge is 2.16. The molecule has 17 heavy (non-hydrogen) atoms. The number of benzene rings is 1. The summed E-state index contributed by atoms with van der Waals surface area (Å²) in [5.41, 5.74) is 5.65. The molecule has 0 saturated heterocycles. The SMILES string of the molecule is COc1cc(CC(N)C(=O)O)cc([N+](=O)[O-])c1. The molecule has 1 aromatic carbocycles. The van der Waals surface area contributed by atoms with E-state index >= 15 is 0 Å². The molecule has 0 fully saturated rings. The van der Waals surface area contributed by atoms with Gasteiger partial charge in [-0.25, -0.2) is 0 Å². The Hall–Kier alpha value is -2.15. The molecule has 1 rings (SSSR count). The van der Waals surface area contributed by atoms with Gasteiger partial charge in [-0.3, -0.25) is 14.9 Å². The van der Waals surface area contributed by atoms with Gasteiger partial charge in [-0.2, -0.15) is 0 Å². The van der Waals surface area contributed by atoms with Crippen LogP contribution in [0.1, 0.15) is 5.56 Å². The van der Waals surface area contributed by atoms with Crippen LogP contribution in [0.5, 0.6) is 5.75 Å². The molecule has 0 amide bonds. The summed E-state index contributed by atoms with van der Waals surface area (Å²) in [6, 6.07) is 2.97. The Labute approximate surface area is 97.0 Å². The van der Waals surface area contributed by atoms with Gasteiger partial charge in [0.1, 0.15) is 11.8 Å². The number of carbonyl (C=O) groups is 1. The van der Waals surface area contributed by atoms with Crippen molar-refractivity contribution in [1.29, 1.82) is 0 Å². The number of carboxylic acid groups (broad SMARTS) is 1. The number of ether oxygens (including phenoxy) is 1. The second kappa shape index (κ2) is 5.26. The summed E-state index contributed by atoms with van der Waals surface area (Å²) >= 11 is 0. The van der Waals surface area contributed by atoms with Gasteiger partial charge in [0.15, 0.2) is 0 Å². The fourth-order valence-electron chi connectivity index (χ4n) is 1.33. The average molecular weight is 240 g/mol. The quantitative estimate of drug-likeness (QED) is 0.573. The number of nitrogens with zero attached hydrogens (tertiary/aromatic N) is 1. The maximum atomic E-state index is 10.6. The molecule has 7 heteroatoms. The van der Waals surface area contributed by atoms with Crippen LogP contribution in [0.15, 0.2) is 18.2 Å². The van der Waals surface area contributed by atoms with E-state index in [4.69, 9.17) is 15.6 Å². The first kappa shape index (κ1) is 12.9. The Morgan fingerprint density at radius 3 is 2.71 bits per heavy atom. The van der Waals surface area contributed by atoms with Crippen molar-refractivity contribution in [2.45, 2.75) is 12.5 Å². The molecule has 0 saturated carbocycles. The van der Waals surface area contributed by atoms with Crippen molar-refractivity contribution in [3.8, 4) is 5.75 Å². The first-order chi connectivity index (χ1) is 7.93. The largest absolute Gasteiger partial charge is 0.496 e. The Kier molecular flexibility index (Phi) is 4.00. The number of aliphatic carboxylic acids is 1. The molecule has 0 radical (unpaired) electrons. The van der Waals surface area contributed by atoms with Crippen molar-refractivity contribution in [2.24, 2.45) is 5.73 Å². The first-order valence-electron chi connectivity index (χ1n) is 4.74. The minimum absolute atomic E-state index is 0.00731. The van der Waals surface area contributed by atoms with Crippen molar-refractivity contribution in [2.75, 3.05) is 7.11 Å². The maximum absolute atomic E-state index is 10.6. The van der Waals surface area contributed by atoms with Crippen molar-refractivity contribution in [1.82, 2.24) is 0 Å². The zero-order valence-electron chi connectivity index (χ0n) is 9.12. The molecule has 0 spiro atoms. The van der Waals surface area contributed by atoms with Gasteiger partial charge in [0, 0.05) is 6.07 Å². The van der Waals surface area contributed by atoms with E-state index in [1.54, 1.807) is 0 Å². The smallest absolute Gasteiger partial charge is 0.320 e. The summed E-state index contributed by atoms with van der Waals surface area (Å²) in [4.78, 5) is 20.7. The highest BCUT2D eigenvalue weighted by molar-refractivity contribution is 5.73. The van der Waals surface area contributed by atoms with Crippen LogP contribution < -0.4 is 10.5 Å². The molecule has 92 valence electrons. The van der Waals surface area contributed by atoms with Crippen LogP contribution in [0.2, 0.25) is 0 Å². The van der Waals surface area contributed by atoms with Crippen molar-refractivity contribution >= 4 is 11.7 Å². The number of nitro groups is 1. The van der Waals surface area contributed by atoms with Gasteiger partial charge in [0.2, 0.25) is 0 Å². The van der Waals surface area contributed by atoms with Crippen LogP contribution in [-0.2, 0) is 11.2 Å². The predicted octanol–water partition coefficient (Wildman–Crippen LogP) is 0.558. The van der Waals surface area contributed by atoms with E-state index in [0.717, 1.165) is 0 Å². The molecule has 7 nitrogen and oxygen atoms in total. The minimum Gasteiger partial charge on any atom is -0.496 e. The molecule has 0 bridgehead atoms. The summed E-state index contributed by atoms with van der Waals surface area (Å²) in [6.07, 6.45) is 0.00731. The van der Waals surface area contributed by atoms with Gasteiger partial charge in [0.05, 0.1) is 18.1 Å². The van der Waals surface area contributed by atoms with Crippen LogP contribution in [0, 0.1) is 10.1 Å². The summed E-state index contributed by atoms with van der Waals surface area (Å²) in [7, 11) is 1.37. The number of hydrogen-bond acceptors (Lipinski definition) is 5. The number of carboxylic acids is 1. The fraction of sp³-hybridized carbons (Fsp3) is 0.300. The number of rotatable bonds is 5.